The Morgan fingerprint density at radius 3 is 2.50 bits per heavy atom. The Bertz CT molecular complexity index is 514. The molecular formula is C17H27Cl2FN2O2. The van der Waals surface area contributed by atoms with Crippen molar-refractivity contribution in [3.63, 3.8) is 0 Å². The molecule has 0 saturated carbocycles. The predicted octanol–water partition coefficient (Wildman–Crippen LogP) is 3.26. The van der Waals surface area contributed by atoms with Crippen LogP contribution in [0.15, 0.2) is 12.1 Å². The molecule has 0 spiro atoms. The van der Waals surface area contributed by atoms with Crippen molar-refractivity contribution in [1.29, 1.82) is 0 Å². The molecule has 1 aromatic rings. The fraction of sp³-hybridized carbons (Fsp3) is 0.647. The monoisotopic (exact) mass is 380 g/mol. The van der Waals surface area contributed by atoms with Crippen molar-refractivity contribution >= 4 is 24.0 Å². The van der Waals surface area contributed by atoms with Crippen LogP contribution in [0.2, 0.25) is 5.02 Å². The summed E-state index contributed by atoms with van der Waals surface area (Å²) in [6, 6.07) is 3.14. The van der Waals surface area contributed by atoms with Crippen molar-refractivity contribution in [2.45, 2.75) is 26.8 Å². The number of nitrogens with one attached hydrogen (secondary N) is 1. The second-order valence-electron chi connectivity index (χ2n) is 6.58. The lowest BCUT2D eigenvalue weighted by Crippen LogP contribution is -2.49. The SMILES string of the molecule is CCOc1c(F)cc([C@H](N2CCNCC2)C(C)(C)CO)cc1Cl.Cl. The first-order valence-corrected chi connectivity index (χ1v) is 8.46. The van der Waals surface area contributed by atoms with E-state index in [1.807, 2.05) is 13.8 Å². The van der Waals surface area contributed by atoms with E-state index in [1.165, 1.54) is 6.07 Å². The molecule has 0 bridgehead atoms. The Morgan fingerprint density at radius 1 is 1.38 bits per heavy atom. The first-order chi connectivity index (χ1) is 10.9. The third-order valence-electron chi connectivity index (χ3n) is 4.29. The van der Waals surface area contributed by atoms with Gasteiger partial charge in [0.2, 0.25) is 0 Å². The number of piperazine rings is 1. The van der Waals surface area contributed by atoms with Gasteiger partial charge in [-0.3, -0.25) is 4.90 Å². The van der Waals surface area contributed by atoms with E-state index in [2.05, 4.69) is 10.2 Å². The molecule has 1 aliphatic rings. The van der Waals surface area contributed by atoms with Crippen LogP contribution in [-0.2, 0) is 0 Å². The molecule has 1 saturated heterocycles. The second kappa shape index (κ2) is 9.20. The van der Waals surface area contributed by atoms with Crippen molar-refractivity contribution in [2.24, 2.45) is 5.41 Å². The summed E-state index contributed by atoms with van der Waals surface area (Å²) in [5, 5.41) is 13.4. The number of nitrogens with zero attached hydrogens (tertiary/aromatic N) is 1. The third kappa shape index (κ3) is 4.73. The van der Waals surface area contributed by atoms with Crippen LogP contribution in [-0.4, -0.2) is 49.4 Å². The maximum atomic E-state index is 14.4. The molecule has 24 heavy (non-hydrogen) atoms. The summed E-state index contributed by atoms with van der Waals surface area (Å²) in [4.78, 5) is 2.28. The van der Waals surface area contributed by atoms with Crippen LogP contribution in [0.3, 0.4) is 0 Å². The van der Waals surface area contributed by atoms with Gasteiger partial charge < -0.3 is 15.2 Å². The molecule has 2 N–H and O–H groups in total. The quantitative estimate of drug-likeness (QED) is 0.794. The fourth-order valence-corrected chi connectivity index (χ4v) is 3.47. The van der Waals surface area contributed by atoms with Gasteiger partial charge in [0.05, 0.1) is 11.6 Å². The Balaban J connectivity index is 0.00000288. The number of hydrogen-bond donors (Lipinski definition) is 2. The highest BCUT2D eigenvalue weighted by molar-refractivity contribution is 6.32. The molecular weight excluding hydrogens is 354 g/mol. The molecule has 1 aromatic carbocycles. The molecule has 4 nitrogen and oxygen atoms in total. The lowest BCUT2D eigenvalue weighted by atomic mass is 9.79. The molecule has 1 aliphatic heterocycles. The Morgan fingerprint density at radius 2 is 2.00 bits per heavy atom. The van der Waals surface area contributed by atoms with Crippen LogP contribution in [0.4, 0.5) is 4.39 Å². The zero-order chi connectivity index (χ0) is 17.0. The fourth-order valence-electron chi connectivity index (χ4n) is 3.20. The summed E-state index contributed by atoms with van der Waals surface area (Å²) in [7, 11) is 0. The van der Waals surface area contributed by atoms with E-state index in [0.717, 1.165) is 31.7 Å². The largest absolute Gasteiger partial charge is 0.489 e. The molecule has 0 radical (unpaired) electrons. The maximum Gasteiger partial charge on any atom is 0.173 e. The van der Waals surface area contributed by atoms with Crippen molar-refractivity contribution in [2.75, 3.05) is 39.4 Å². The molecule has 138 valence electrons. The summed E-state index contributed by atoms with van der Waals surface area (Å²) in [6.45, 7) is 9.59. The van der Waals surface area contributed by atoms with E-state index in [-0.39, 0.29) is 35.8 Å². The molecule has 0 aliphatic carbocycles. The maximum absolute atomic E-state index is 14.4. The van der Waals surface area contributed by atoms with Crippen molar-refractivity contribution < 1.29 is 14.2 Å². The number of ether oxygens (including phenoxy) is 1. The Labute approximate surface area is 154 Å². The molecule has 0 unspecified atom stereocenters. The van der Waals surface area contributed by atoms with E-state index >= 15 is 0 Å². The van der Waals surface area contributed by atoms with Crippen LogP contribution in [0.1, 0.15) is 32.4 Å². The predicted molar refractivity (Wildman–Crippen MR) is 97.9 cm³/mol. The van der Waals surface area contributed by atoms with Gasteiger partial charge in [-0.25, -0.2) is 4.39 Å². The molecule has 2 rings (SSSR count). The average Bonchev–Trinajstić information content (AvgIpc) is 2.52. The molecule has 1 heterocycles. The molecule has 1 fully saturated rings. The lowest BCUT2D eigenvalue weighted by molar-refractivity contribution is 0.0303. The number of hydrogen-bond acceptors (Lipinski definition) is 4. The third-order valence-corrected chi connectivity index (χ3v) is 4.57. The molecule has 0 amide bonds. The number of halogens is 3. The summed E-state index contributed by atoms with van der Waals surface area (Å²) in [5.74, 6) is -0.359. The zero-order valence-corrected chi connectivity index (χ0v) is 16.0. The van der Waals surface area contributed by atoms with Gasteiger partial charge >= 0.3 is 0 Å². The van der Waals surface area contributed by atoms with Crippen LogP contribution >= 0.6 is 24.0 Å². The van der Waals surface area contributed by atoms with Gasteiger partial charge in [0.15, 0.2) is 11.6 Å². The van der Waals surface area contributed by atoms with Crippen molar-refractivity contribution in [3.8, 4) is 5.75 Å². The highest BCUT2D eigenvalue weighted by Gasteiger charge is 2.36. The molecule has 1 atom stereocenters. The van der Waals surface area contributed by atoms with Gasteiger partial charge in [-0.15, -0.1) is 12.4 Å². The minimum absolute atomic E-state index is 0. The minimum atomic E-state index is -0.455. The van der Waals surface area contributed by atoms with Crippen LogP contribution in [0.25, 0.3) is 0 Å². The van der Waals surface area contributed by atoms with Gasteiger partial charge in [-0.2, -0.15) is 0 Å². The van der Waals surface area contributed by atoms with Gasteiger partial charge in [-0.1, -0.05) is 25.4 Å². The van der Waals surface area contributed by atoms with E-state index in [9.17, 15) is 9.50 Å². The number of aliphatic hydroxyl groups is 1. The van der Waals surface area contributed by atoms with E-state index in [0.29, 0.717) is 6.61 Å². The first kappa shape index (κ1) is 21.5. The number of aliphatic hydroxyl groups excluding tert-OH is 1. The molecule has 7 heteroatoms. The second-order valence-corrected chi connectivity index (χ2v) is 6.99. The normalized spacial score (nSPS) is 17.2. The van der Waals surface area contributed by atoms with E-state index < -0.39 is 11.2 Å². The van der Waals surface area contributed by atoms with Gasteiger partial charge in [-0.05, 0) is 24.6 Å². The van der Waals surface area contributed by atoms with E-state index in [1.54, 1.807) is 13.0 Å². The summed E-state index contributed by atoms with van der Waals surface area (Å²) < 4.78 is 19.7. The first-order valence-electron chi connectivity index (χ1n) is 8.08. The van der Waals surface area contributed by atoms with Gasteiger partial charge in [0, 0.05) is 44.2 Å². The minimum Gasteiger partial charge on any atom is -0.489 e. The van der Waals surface area contributed by atoms with Crippen LogP contribution in [0, 0.1) is 11.2 Å². The Kier molecular flexibility index (Phi) is 8.23. The summed E-state index contributed by atoms with van der Waals surface area (Å²) in [5.41, 5.74) is 0.358. The number of benzene rings is 1. The zero-order valence-electron chi connectivity index (χ0n) is 14.4. The highest BCUT2D eigenvalue weighted by Crippen LogP contribution is 2.41. The van der Waals surface area contributed by atoms with E-state index in [4.69, 9.17) is 16.3 Å². The van der Waals surface area contributed by atoms with Crippen LogP contribution < -0.4 is 10.1 Å². The summed E-state index contributed by atoms with van der Waals surface area (Å²) >= 11 is 6.23. The number of rotatable bonds is 6. The Hall–Kier alpha value is -0.590. The van der Waals surface area contributed by atoms with Crippen molar-refractivity contribution in [1.82, 2.24) is 10.2 Å². The van der Waals surface area contributed by atoms with Gasteiger partial charge in [0.1, 0.15) is 0 Å². The topological polar surface area (TPSA) is 44.7 Å². The van der Waals surface area contributed by atoms with Crippen LogP contribution in [0.5, 0.6) is 5.75 Å². The highest BCUT2D eigenvalue weighted by atomic mass is 35.5. The average molecular weight is 381 g/mol. The standard InChI is InChI=1S/C17H26ClFN2O2.ClH/c1-4-23-15-13(18)9-12(10-14(15)19)16(17(2,3)11-22)21-7-5-20-6-8-21;/h9-10,16,20,22H,4-8,11H2,1-3H3;1H/t16-;/m0./s1. The van der Waals surface area contributed by atoms with Gasteiger partial charge in [0.25, 0.3) is 0 Å². The molecule has 0 aromatic heterocycles. The van der Waals surface area contributed by atoms with Crippen molar-refractivity contribution in [3.05, 3.63) is 28.5 Å². The summed E-state index contributed by atoms with van der Waals surface area (Å²) in [6.07, 6.45) is 0. The smallest absolute Gasteiger partial charge is 0.173 e. The lowest BCUT2D eigenvalue weighted by Gasteiger charge is -2.43.